The van der Waals surface area contributed by atoms with E-state index in [2.05, 4.69) is 29.8 Å². The standard InChI is InChI=1S/C27H24BrNO5/c1-16(2)15-34-22-12-10-20(11-13-22)29-24(18-4-3-5-21(30)14-18)23(26(32)27(29)33)25(31)17-6-8-19(28)9-7-17/h3-14,16,24,30-31H,15H2,1-2H3/b25-23-. The molecule has 1 fully saturated rings. The summed E-state index contributed by atoms with van der Waals surface area (Å²) in [5, 5.41) is 21.2. The second-order valence-electron chi connectivity index (χ2n) is 8.47. The summed E-state index contributed by atoms with van der Waals surface area (Å²) in [6, 6.07) is 19.1. The predicted octanol–water partition coefficient (Wildman–Crippen LogP) is 5.82. The van der Waals surface area contributed by atoms with Gasteiger partial charge in [-0.05, 0) is 60.0 Å². The lowest BCUT2D eigenvalue weighted by atomic mass is 9.95. The molecule has 1 atom stereocenters. The van der Waals surface area contributed by atoms with Crippen molar-refractivity contribution in [3.8, 4) is 11.5 Å². The number of benzene rings is 3. The number of aromatic hydroxyl groups is 1. The van der Waals surface area contributed by atoms with Crippen molar-refractivity contribution < 1.29 is 24.5 Å². The lowest BCUT2D eigenvalue weighted by molar-refractivity contribution is -0.132. The molecule has 3 aromatic rings. The Kier molecular flexibility index (Phi) is 6.75. The van der Waals surface area contributed by atoms with Crippen LogP contribution in [0.25, 0.3) is 5.76 Å². The molecule has 1 aliphatic rings. The number of anilines is 1. The van der Waals surface area contributed by atoms with E-state index in [-0.39, 0.29) is 17.1 Å². The predicted molar refractivity (Wildman–Crippen MR) is 134 cm³/mol. The van der Waals surface area contributed by atoms with Crippen LogP contribution in [-0.2, 0) is 9.59 Å². The monoisotopic (exact) mass is 521 g/mol. The van der Waals surface area contributed by atoms with E-state index in [0.717, 1.165) is 4.47 Å². The number of aliphatic hydroxyl groups excluding tert-OH is 1. The summed E-state index contributed by atoms with van der Waals surface area (Å²) < 4.78 is 6.54. The molecule has 6 nitrogen and oxygen atoms in total. The number of ketones is 1. The number of carbonyl (C=O) groups excluding carboxylic acids is 2. The first-order chi connectivity index (χ1) is 16.3. The fourth-order valence-electron chi connectivity index (χ4n) is 3.84. The molecule has 34 heavy (non-hydrogen) atoms. The van der Waals surface area contributed by atoms with Gasteiger partial charge < -0.3 is 14.9 Å². The van der Waals surface area contributed by atoms with E-state index in [1.165, 1.54) is 17.0 Å². The summed E-state index contributed by atoms with van der Waals surface area (Å²) in [5.74, 6) is -0.834. The first-order valence-electron chi connectivity index (χ1n) is 10.8. The van der Waals surface area contributed by atoms with Crippen molar-refractivity contribution in [2.45, 2.75) is 19.9 Å². The molecule has 1 unspecified atom stereocenters. The molecule has 3 aromatic carbocycles. The number of phenolic OH excluding ortho intramolecular Hbond substituents is 1. The van der Waals surface area contributed by atoms with Crippen LogP contribution in [0, 0.1) is 5.92 Å². The van der Waals surface area contributed by atoms with Gasteiger partial charge in [0.05, 0.1) is 18.2 Å². The van der Waals surface area contributed by atoms with Gasteiger partial charge in [0, 0.05) is 15.7 Å². The molecule has 1 aliphatic heterocycles. The average molecular weight is 522 g/mol. The average Bonchev–Trinajstić information content (AvgIpc) is 3.08. The van der Waals surface area contributed by atoms with E-state index in [1.54, 1.807) is 60.7 Å². The molecule has 0 bridgehead atoms. The molecule has 0 aromatic heterocycles. The van der Waals surface area contributed by atoms with E-state index in [0.29, 0.717) is 35.1 Å². The number of hydrogen-bond acceptors (Lipinski definition) is 5. The van der Waals surface area contributed by atoms with Gasteiger partial charge in [-0.15, -0.1) is 0 Å². The van der Waals surface area contributed by atoms with Gasteiger partial charge >= 0.3 is 0 Å². The molecule has 1 saturated heterocycles. The first-order valence-corrected chi connectivity index (χ1v) is 11.6. The molecule has 7 heteroatoms. The van der Waals surface area contributed by atoms with Crippen molar-refractivity contribution >= 4 is 39.1 Å². The number of Topliss-reactive ketones (excluding diaryl/α,β-unsaturated/α-hetero) is 1. The van der Waals surface area contributed by atoms with Crippen molar-refractivity contribution in [2.24, 2.45) is 5.92 Å². The Balaban J connectivity index is 1.82. The Hall–Kier alpha value is -3.58. The zero-order valence-electron chi connectivity index (χ0n) is 18.7. The molecule has 1 heterocycles. The highest BCUT2D eigenvalue weighted by Crippen LogP contribution is 2.43. The van der Waals surface area contributed by atoms with Crippen molar-refractivity contribution in [3.63, 3.8) is 0 Å². The normalized spacial score (nSPS) is 17.4. The first kappa shape index (κ1) is 23.6. The highest BCUT2D eigenvalue weighted by molar-refractivity contribution is 9.10. The lowest BCUT2D eigenvalue weighted by Gasteiger charge is -2.25. The Bertz CT molecular complexity index is 1250. The second kappa shape index (κ2) is 9.73. The minimum absolute atomic E-state index is 0.0100. The van der Waals surface area contributed by atoms with Crippen LogP contribution in [0.1, 0.15) is 31.0 Å². The van der Waals surface area contributed by atoms with Gasteiger partial charge in [-0.3, -0.25) is 14.5 Å². The van der Waals surface area contributed by atoms with Gasteiger partial charge in [0.1, 0.15) is 17.3 Å². The topological polar surface area (TPSA) is 87.1 Å². The number of amides is 1. The Morgan fingerprint density at radius 3 is 2.32 bits per heavy atom. The lowest BCUT2D eigenvalue weighted by Crippen LogP contribution is -2.29. The van der Waals surface area contributed by atoms with E-state index >= 15 is 0 Å². The highest BCUT2D eigenvalue weighted by atomic mass is 79.9. The zero-order valence-corrected chi connectivity index (χ0v) is 20.3. The van der Waals surface area contributed by atoms with Gasteiger partial charge in [-0.1, -0.05) is 54.0 Å². The van der Waals surface area contributed by atoms with Gasteiger partial charge in [0.2, 0.25) is 0 Å². The minimum Gasteiger partial charge on any atom is -0.508 e. The van der Waals surface area contributed by atoms with Gasteiger partial charge in [-0.2, -0.15) is 0 Å². The maximum Gasteiger partial charge on any atom is 0.300 e. The molecular weight excluding hydrogens is 498 g/mol. The van der Waals surface area contributed by atoms with E-state index in [1.807, 2.05) is 0 Å². The number of aliphatic hydroxyl groups is 1. The fourth-order valence-corrected chi connectivity index (χ4v) is 4.10. The van der Waals surface area contributed by atoms with E-state index in [4.69, 9.17) is 4.74 Å². The van der Waals surface area contributed by atoms with E-state index in [9.17, 15) is 19.8 Å². The quantitative estimate of drug-likeness (QED) is 0.242. The van der Waals surface area contributed by atoms with Crippen molar-refractivity contribution in [1.29, 1.82) is 0 Å². The third-order valence-electron chi connectivity index (χ3n) is 5.45. The van der Waals surface area contributed by atoms with Crippen LogP contribution in [0.4, 0.5) is 5.69 Å². The van der Waals surface area contributed by atoms with Crippen molar-refractivity contribution in [3.05, 3.63) is 94.0 Å². The van der Waals surface area contributed by atoms with Crippen molar-refractivity contribution in [2.75, 3.05) is 11.5 Å². The summed E-state index contributed by atoms with van der Waals surface area (Å²) in [6.07, 6.45) is 0. The molecule has 2 N–H and O–H groups in total. The van der Waals surface area contributed by atoms with Gasteiger partial charge in [0.25, 0.3) is 11.7 Å². The number of ether oxygens (including phenoxy) is 1. The summed E-state index contributed by atoms with van der Waals surface area (Å²) >= 11 is 3.36. The molecular formula is C27H24BrNO5. The molecule has 174 valence electrons. The molecule has 0 saturated carbocycles. The largest absolute Gasteiger partial charge is 0.508 e. The molecule has 1 amide bonds. The Labute approximate surface area is 206 Å². The summed E-state index contributed by atoms with van der Waals surface area (Å²) in [6.45, 7) is 4.66. The van der Waals surface area contributed by atoms with Crippen molar-refractivity contribution in [1.82, 2.24) is 0 Å². The Morgan fingerprint density at radius 2 is 1.71 bits per heavy atom. The SMILES string of the molecule is CC(C)COc1ccc(N2C(=O)C(=O)/C(=C(\O)c3ccc(Br)cc3)C2c2cccc(O)c2)cc1. The molecule has 0 spiro atoms. The van der Waals surface area contributed by atoms with Crippen LogP contribution >= 0.6 is 15.9 Å². The number of carbonyl (C=O) groups is 2. The maximum absolute atomic E-state index is 13.2. The molecule has 0 aliphatic carbocycles. The number of phenols is 1. The fraction of sp³-hybridized carbons (Fsp3) is 0.185. The number of nitrogens with zero attached hydrogens (tertiary/aromatic N) is 1. The van der Waals surface area contributed by atoms with Crippen LogP contribution in [0.15, 0.2) is 82.8 Å². The number of halogens is 1. The smallest absolute Gasteiger partial charge is 0.300 e. The minimum atomic E-state index is -0.918. The van der Waals surface area contributed by atoms with Gasteiger partial charge in [-0.25, -0.2) is 0 Å². The summed E-state index contributed by atoms with van der Waals surface area (Å²) in [5.41, 5.74) is 1.34. The molecule has 0 radical (unpaired) electrons. The molecule has 4 rings (SSSR count). The maximum atomic E-state index is 13.2. The third-order valence-corrected chi connectivity index (χ3v) is 5.97. The zero-order chi connectivity index (χ0) is 24.4. The highest BCUT2D eigenvalue weighted by Gasteiger charge is 2.47. The summed E-state index contributed by atoms with van der Waals surface area (Å²) in [7, 11) is 0. The van der Waals surface area contributed by atoms with Crippen LogP contribution in [0.3, 0.4) is 0 Å². The van der Waals surface area contributed by atoms with E-state index < -0.39 is 17.7 Å². The third kappa shape index (κ3) is 4.70. The second-order valence-corrected chi connectivity index (χ2v) is 9.39. The Morgan fingerprint density at radius 1 is 1.03 bits per heavy atom. The van der Waals surface area contributed by atoms with Crippen LogP contribution in [0.2, 0.25) is 0 Å². The number of hydrogen-bond donors (Lipinski definition) is 2. The van der Waals surface area contributed by atoms with Crippen LogP contribution in [0.5, 0.6) is 11.5 Å². The number of rotatable bonds is 6. The van der Waals surface area contributed by atoms with Gasteiger partial charge in [0.15, 0.2) is 0 Å². The van der Waals surface area contributed by atoms with Crippen LogP contribution < -0.4 is 9.64 Å². The van der Waals surface area contributed by atoms with Crippen LogP contribution in [-0.4, -0.2) is 28.5 Å². The summed E-state index contributed by atoms with van der Waals surface area (Å²) in [4.78, 5) is 27.7.